The number of rotatable bonds is 7. The van der Waals surface area contributed by atoms with Crippen LogP contribution in [0.3, 0.4) is 0 Å². The van der Waals surface area contributed by atoms with Crippen molar-refractivity contribution in [2.75, 3.05) is 6.54 Å². The molecule has 1 heterocycles. The minimum atomic E-state index is -4.17. The van der Waals surface area contributed by atoms with Crippen molar-refractivity contribution < 1.29 is 13.2 Å². The summed E-state index contributed by atoms with van der Waals surface area (Å²) >= 11 is 1.18. The monoisotopic (exact) mass is 280 g/mol. The van der Waals surface area contributed by atoms with Gasteiger partial charge in [0.25, 0.3) is 0 Å². The second kappa shape index (κ2) is 7.09. The summed E-state index contributed by atoms with van der Waals surface area (Å²) in [5, 5.41) is 3.40. The molecule has 2 nitrogen and oxygen atoms in total. The van der Waals surface area contributed by atoms with Gasteiger partial charge in [-0.3, -0.25) is 0 Å². The molecule has 0 aliphatic rings. The predicted octanol–water partition coefficient (Wildman–Crippen LogP) is 3.70. The summed E-state index contributed by atoms with van der Waals surface area (Å²) < 4.78 is 37.0. The molecule has 0 bridgehead atoms. The fourth-order valence-corrected chi connectivity index (χ4v) is 2.75. The Bertz CT molecular complexity index is 361. The second-order valence-corrected chi connectivity index (χ2v) is 5.36. The van der Waals surface area contributed by atoms with E-state index in [1.54, 1.807) is 0 Å². The number of alkyl halides is 3. The highest BCUT2D eigenvalue weighted by Gasteiger charge is 2.30. The van der Waals surface area contributed by atoms with Crippen LogP contribution in [0, 0.1) is 0 Å². The average Bonchev–Trinajstić information content (AvgIpc) is 2.59. The zero-order valence-corrected chi connectivity index (χ0v) is 11.5. The van der Waals surface area contributed by atoms with Gasteiger partial charge in [-0.1, -0.05) is 20.3 Å². The first kappa shape index (κ1) is 15.4. The van der Waals surface area contributed by atoms with Gasteiger partial charge in [-0.05, 0) is 19.4 Å². The highest BCUT2D eigenvalue weighted by molar-refractivity contribution is 7.11. The van der Waals surface area contributed by atoms with Crippen LogP contribution in [-0.4, -0.2) is 17.7 Å². The maximum Gasteiger partial charge on any atom is 0.395 e. The van der Waals surface area contributed by atoms with Crippen LogP contribution in [0.25, 0.3) is 0 Å². The van der Waals surface area contributed by atoms with Crippen LogP contribution < -0.4 is 5.32 Å². The van der Waals surface area contributed by atoms with Crippen LogP contribution in [0.1, 0.15) is 42.3 Å². The highest BCUT2D eigenvalue weighted by Crippen LogP contribution is 2.27. The molecule has 1 rings (SSSR count). The van der Waals surface area contributed by atoms with Gasteiger partial charge in [0, 0.05) is 11.4 Å². The van der Waals surface area contributed by atoms with E-state index in [0.29, 0.717) is 6.54 Å². The van der Waals surface area contributed by atoms with Crippen LogP contribution in [0.15, 0.2) is 0 Å². The van der Waals surface area contributed by atoms with E-state index in [9.17, 15) is 13.2 Å². The van der Waals surface area contributed by atoms with Gasteiger partial charge in [-0.2, -0.15) is 13.2 Å². The number of nitrogens with one attached hydrogen (secondary N) is 1. The van der Waals surface area contributed by atoms with Gasteiger partial charge in [0.1, 0.15) is 5.01 Å². The van der Waals surface area contributed by atoms with E-state index in [2.05, 4.69) is 17.2 Å². The molecular weight excluding hydrogens is 261 g/mol. The number of aromatic nitrogens is 1. The quantitative estimate of drug-likeness (QED) is 0.770. The number of hydrogen-bond acceptors (Lipinski definition) is 3. The average molecular weight is 280 g/mol. The lowest BCUT2D eigenvalue weighted by Crippen LogP contribution is -2.13. The third-order valence-corrected chi connectivity index (χ3v) is 3.47. The van der Waals surface area contributed by atoms with Gasteiger partial charge in [-0.15, -0.1) is 11.3 Å². The van der Waals surface area contributed by atoms with Crippen LogP contribution in [-0.2, 0) is 19.4 Å². The Morgan fingerprint density at radius 2 is 1.94 bits per heavy atom. The van der Waals surface area contributed by atoms with E-state index in [0.717, 1.165) is 36.4 Å². The third kappa shape index (κ3) is 5.35. The highest BCUT2D eigenvalue weighted by atomic mass is 32.1. The number of thiazole rings is 1. The van der Waals surface area contributed by atoms with Gasteiger partial charge in [0.2, 0.25) is 0 Å². The molecule has 18 heavy (non-hydrogen) atoms. The van der Waals surface area contributed by atoms with Crippen molar-refractivity contribution in [2.45, 2.75) is 52.3 Å². The molecule has 1 aromatic heterocycles. The summed E-state index contributed by atoms with van der Waals surface area (Å²) in [5.74, 6) is 0. The number of aryl methyl sites for hydroxylation is 1. The minimum absolute atomic E-state index is 0.180. The van der Waals surface area contributed by atoms with Gasteiger partial charge in [-0.25, -0.2) is 4.98 Å². The Balaban J connectivity index is 2.73. The molecule has 0 atom stereocenters. The van der Waals surface area contributed by atoms with Crippen LogP contribution in [0.4, 0.5) is 13.2 Å². The SMILES string of the molecule is CCCNCc1sc(CC(F)(F)F)nc1CCC. The molecule has 0 aliphatic heterocycles. The van der Waals surface area contributed by atoms with Crippen LogP contribution >= 0.6 is 11.3 Å². The molecular formula is C12H19F3N2S. The van der Waals surface area contributed by atoms with Gasteiger partial charge in [0.15, 0.2) is 0 Å². The Hall–Kier alpha value is -0.620. The van der Waals surface area contributed by atoms with Crippen molar-refractivity contribution in [2.24, 2.45) is 0 Å². The molecule has 1 N–H and O–H groups in total. The standard InChI is InChI=1S/C12H19F3N2S/c1-3-5-9-10(8-16-6-4-2)18-11(17-9)7-12(13,14)15/h16H,3-8H2,1-2H3. The molecule has 0 aliphatic carbocycles. The molecule has 0 saturated heterocycles. The molecule has 0 amide bonds. The van der Waals surface area contributed by atoms with E-state index in [1.165, 1.54) is 11.3 Å². The zero-order valence-electron chi connectivity index (χ0n) is 10.7. The molecule has 0 fully saturated rings. The fourth-order valence-electron chi connectivity index (χ4n) is 1.63. The van der Waals surface area contributed by atoms with E-state index in [1.807, 2.05) is 6.92 Å². The Morgan fingerprint density at radius 1 is 1.22 bits per heavy atom. The maximum absolute atomic E-state index is 12.3. The van der Waals surface area contributed by atoms with Crippen LogP contribution in [0.5, 0.6) is 0 Å². The molecule has 1 aromatic rings. The number of halogens is 3. The van der Waals surface area contributed by atoms with Gasteiger partial charge < -0.3 is 5.32 Å². The Labute approximate surface area is 110 Å². The van der Waals surface area contributed by atoms with E-state index >= 15 is 0 Å². The van der Waals surface area contributed by atoms with E-state index in [4.69, 9.17) is 0 Å². The topological polar surface area (TPSA) is 24.9 Å². The Morgan fingerprint density at radius 3 is 2.50 bits per heavy atom. The smallest absolute Gasteiger partial charge is 0.312 e. The van der Waals surface area contributed by atoms with Crippen molar-refractivity contribution in [3.63, 3.8) is 0 Å². The first-order chi connectivity index (χ1) is 8.46. The van der Waals surface area contributed by atoms with Crippen molar-refractivity contribution in [3.05, 3.63) is 15.6 Å². The maximum atomic E-state index is 12.3. The molecule has 104 valence electrons. The summed E-state index contributed by atoms with van der Waals surface area (Å²) in [6.07, 6.45) is -2.43. The molecule has 0 radical (unpaired) electrons. The molecule has 0 saturated carbocycles. The lowest BCUT2D eigenvalue weighted by atomic mass is 10.2. The van der Waals surface area contributed by atoms with Gasteiger partial charge in [0.05, 0.1) is 12.1 Å². The first-order valence-electron chi connectivity index (χ1n) is 6.21. The minimum Gasteiger partial charge on any atom is -0.312 e. The van der Waals surface area contributed by atoms with E-state index in [-0.39, 0.29) is 5.01 Å². The summed E-state index contributed by atoms with van der Waals surface area (Å²) in [6.45, 7) is 5.56. The summed E-state index contributed by atoms with van der Waals surface area (Å²) in [4.78, 5) is 5.07. The fraction of sp³-hybridized carbons (Fsp3) is 0.750. The third-order valence-electron chi connectivity index (χ3n) is 2.37. The molecule has 6 heteroatoms. The van der Waals surface area contributed by atoms with Crippen LogP contribution in [0.2, 0.25) is 0 Å². The summed E-state index contributed by atoms with van der Waals surface area (Å²) in [7, 11) is 0. The number of hydrogen-bond donors (Lipinski definition) is 1. The summed E-state index contributed by atoms with van der Waals surface area (Å²) in [5.41, 5.74) is 0.824. The summed E-state index contributed by atoms with van der Waals surface area (Å²) in [6, 6.07) is 0. The molecule has 0 spiro atoms. The molecule has 0 aromatic carbocycles. The number of nitrogens with zero attached hydrogens (tertiary/aromatic N) is 1. The lowest BCUT2D eigenvalue weighted by Gasteiger charge is -2.02. The van der Waals surface area contributed by atoms with Crippen molar-refractivity contribution in [3.8, 4) is 0 Å². The van der Waals surface area contributed by atoms with E-state index < -0.39 is 12.6 Å². The van der Waals surface area contributed by atoms with Gasteiger partial charge >= 0.3 is 6.18 Å². The van der Waals surface area contributed by atoms with Crippen molar-refractivity contribution >= 4 is 11.3 Å². The first-order valence-corrected chi connectivity index (χ1v) is 7.02. The molecule has 0 unspecified atom stereocenters. The normalized spacial score (nSPS) is 12.1. The second-order valence-electron chi connectivity index (χ2n) is 4.20. The predicted molar refractivity (Wildman–Crippen MR) is 67.9 cm³/mol. The lowest BCUT2D eigenvalue weighted by molar-refractivity contribution is -0.127. The van der Waals surface area contributed by atoms with Crippen molar-refractivity contribution in [1.82, 2.24) is 10.3 Å². The zero-order chi connectivity index (χ0) is 13.6. The Kier molecular flexibility index (Phi) is 6.08. The van der Waals surface area contributed by atoms with Crippen molar-refractivity contribution in [1.29, 1.82) is 0 Å². The largest absolute Gasteiger partial charge is 0.395 e.